The van der Waals surface area contributed by atoms with Crippen molar-refractivity contribution in [3.05, 3.63) is 29.8 Å². The molecule has 17 heavy (non-hydrogen) atoms. The van der Waals surface area contributed by atoms with Gasteiger partial charge in [0.25, 0.3) is 5.91 Å². The van der Waals surface area contributed by atoms with Crippen LogP contribution in [-0.4, -0.2) is 37.5 Å². The Balaban J connectivity index is 3.22. The van der Waals surface area contributed by atoms with Gasteiger partial charge in [-0.1, -0.05) is 12.1 Å². The summed E-state index contributed by atoms with van der Waals surface area (Å²) >= 11 is 0. The number of rotatable bonds is 2. The van der Waals surface area contributed by atoms with Crippen molar-refractivity contribution in [1.82, 2.24) is 4.90 Å². The number of anilines is 1. The minimum atomic E-state index is -0.0112. The van der Waals surface area contributed by atoms with E-state index >= 15 is 0 Å². The van der Waals surface area contributed by atoms with Crippen LogP contribution in [0.1, 0.15) is 31.1 Å². The van der Waals surface area contributed by atoms with Crippen LogP contribution in [0.15, 0.2) is 24.3 Å². The van der Waals surface area contributed by atoms with Crippen molar-refractivity contribution in [1.29, 1.82) is 0 Å². The Labute approximate surface area is 104 Å². The summed E-state index contributed by atoms with van der Waals surface area (Å²) in [6.07, 6.45) is 0. The minimum Gasteiger partial charge on any atom is -0.369 e. The van der Waals surface area contributed by atoms with E-state index < -0.39 is 0 Å². The molecule has 1 amide bonds. The molecule has 0 saturated carbocycles. The molecule has 0 aromatic heterocycles. The lowest BCUT2D eigenvalue weighted by atomic mass is 10.0. The highest BCUT2D eigenvalue weighted by molar-refractivity contribution is 5.99. The second-order valence-electron chi connectivity index (χ2n) is 5.45. The molecule has 0 heterocycles. The zero-order chi connectivity index (χ0) is 13.2. The predicted octanol–water partition coefficient (Wildman–Crippen LogP) is 2.62. The maximum Gasteiger partial charge on any atom is 0.255 e. The van der Waals surface area contributed by atoms with Gasteiger partial charge in [0.15, 0.2) is 0 Å². The molecule has 0 fully saturated rings. The zero-order valence-corrected chi connectivity index (χ0v) is 11.6. The molecule has 0 aliphatic rings. The van der Waals surface area contributed by atoms with Gasteiger partial charge in [0.1, 0.15) is 0 Å². The van der Waals surface area contributed by atoms with Gasteiger partial charge in [-0.25, -0.2) is 0 Å². The molecule has 0 saturated heterocycles. The summed E-state index contributed by atoms with van der Waals surface area (Å²) in [5.74, 6) is 0.0386. The molecule has 1 aromatic carbocycles. The molecule has 3 heteroatoms. The van der Waals surface area contributed by atoms with Crippen molar-refractivity contribution in [2.24, 2.45) is 0 Å². The molecule has 0 N–H and O–H groups in total. The van der Waals surface area contributed by atoms with E-state index in [-0.39, 0.29) is 11.4 Å². The van der Waals surface area contributed by atoms with E-state index in [2.05, 4.69) is 25.7 Å². The Morgan fingerprint density at radius 3 is 2.06 bits per heavy atom. The fourth-order valence-electron chi connectivity index (χ4n) is 1.55. The minimum absolute atomic E-state index is 0.0112. The molecule has 0 unspecified atom stereocenters. The Morgan fingerprint density at radius 1 is 1.06 bits per heavy atom. The van der Waals surface area contributed by atoms with Crippen LogP contribution in [-0.2, 0) is 0 Å². The van der Waals surface area contributed by atoms with E-state index in [1.807, 2.05) is 31.3 Å². The summed E-state index contributed by atoms with van der Waals surface area (Å²) < 4.78 is 0. The normalized spacial score (nSPS) is 11.2. The van der Waals surface area contributed by atoms with Crippen LogP contribution in [0, 0.1) is 0 Å². The third-order valence-electron chi connectivity index (χ3n) is 2.91. The van der Waals surface area contributed by atoms with Crippen LogP contribution < -0.4 is 4.90 Å². The number of carbonyl (C=O) groups excluding carboxylic acids is 1. The van der Waals surface area contributed by atoms with Gasteiger partial charge >= 0.3 is 0 Å². The monoisotopic (exact) mass is 234 g/mol. The molecule has 3 nitrogen and oxygen atoms in total. The van der Waals surface area contributed by atoms with Crippen molar-refractivity contribution in [2.75, 3.05) is 26.0 Å². The van der Waals surface area contributed by atoms with E-state index in [4.69, 9.17) is 0 Å². The Bertz CT molecular complexity index is 405. The standard InChI is InChI=1S/C14H22N2O/c1-14(2,3)16(6)12-10-8-7-9-11(12)13(17)15(4)5/h7-10H,1-6H3. The lowest BCUT2D eigenvalue weighted by Crippen LogP contribution is -2.39. The summed E-state index contributed by atoms with van der Waals surface area (Å²) in [6.45, 7) is 6.39. The van der Waals surface area contributed by atoms with Crippen LogP contribution in [0.4, 0.5) is 5.69 Å². The summed E-state index contributed by atoms with van der Waals surface area (Å²) in [5.41, 5.74) is 1.71. The van der Waals surface area contributed by atoms with Crippen LogP contribution in [0.3, 0.4) is 0 Å². The maximum absolute atomic E-state index is 12.1. The van der Waals surface area contributed by atoms with Gasteiger partial charge in [-0.15, -0.1) is 0 Å². The molecule has 0 spiro atoms. The zero-order valence-electron chi connectivity index (χ0n) is 11.6. The van der Waals surface area contributed by atoms with Crippen molar-refractivity contribution >= 4 is 11.6 Å². The topological polar surface area (TPSA) is 23.6 Å². The number of benzene rings is 1. The lowest BCUT2D eigenvalue weighted by Gasteiger charge is -2.35. The van der Waals surface area contributed by atoms with Crippen LogP contribution in [0.5, 0.6) is 0 Å². The van der Waals surface area contributed by atoms with Crippen molar-refractivity contribution in [3.8, 4) is 0 Å². The van der Waals surface area contributed by atoms with Gasteiger partial charge in [-0.05, 0) is 32.9 Å². The van der Waals surface area contributed by atoms with Gasteiger partial charge < -0.3 is 9.80 Å². The molecular weight excluding hydrogens is 212 g/mol. The van der Waals surface area contributed by atoms with E-state index in [1.54, 1.807) is 19.0 Å². The summed E-state index contributed by atoms with van der Waals surface area (Å²) in [5, 5.41) is 0. The summed E-state index contributed by atoms with van der Waals surface area (Å²) in [7, 11) is 5.56. The Morgan fingerprint density at radius 2 is 1.59 bits per heavy atom. The number of nitrogens with zero attached hydrogens (tertiary/aromatic N) is 2. The van der Waals surface area contributed by atoms with E-state index in [9.17, 15) is 4.79 Å². The molecule has 0 aliphatic heterocycles. The molecule has 1 rings (SSSR count). The highest BCUT2D eigenvalue weighted by Crippen LogP contribution is 2.26. The second-order valence-corrected chi connectivity index (χ2v) is 5.45. The number of hydrogen-bond acceptors (Lipinski definition) is 2. The fourth-order valence-corrected chi connectivity index (χ4v) is 1.55. The third kappa shape index (κ3) is 2.99. The molecule has 0 aliphatic carbocycles. The van der Waals surface area contributed by atoms with Crippen molar-refractivity contribution in [3.63, 3.8) is 0 Å². The van der Waals surface area contributed by atoms with E-state index in [1.165, 1.54) is 0 Å². The van der Waals surface area contributed by atoms with Gasteiger partial charge in [0.05, 0.1) is 5.56 Å². The van der Waals surface area contributed by atoms with Gasteiger partial charge in [0, 0.05) is 32.4 Å². The first-order valence-electron chi connectivity index (χ1n) is 5.79. The first-order valence-corrected chi connectivity index (χ1v) is 5.79. The Kier molecular flexibility index (Phi) is 3.81. The first-order chi connectivity index (χ1) is 7.75. The van der Waals surface area contributed by atoms with Crippen molar-refractivity contribution in [2.45, 2.75) is 26.3 Å². The summed E-state index contributed by atoms with van der Waals surface area (Å²) in [4.78, 5) is 15.8. The number of hydrogen-bond donors (Lipinski definition) is 0. The van der Waals surface area contributed by atoms with Crippen LogP contribution >= 0.6 is 0 Å². The predicted molar refractivity (Wildman–Crippen MR) is 72.6 cm³/mol. The smallest absolute Gasteiger partial charge is 0.255 e. The molecular formula is C14H22N2O. The molecule has 1 aromatic rings. The number of amides is 1. The SMILES string of the molecule is CN(C)C(=O)c1ccccc1N(C)C(C)(C)C. The molecule has 0 radical (unpaired) electrons. The first kappa shape index (κ1) is 13.6. The molecule has 0 atom stereocenters. The van der Waals surface area contributed by atoms with Gasteiger partial charge in [-0.2, -0.15) is 0 Å². The van der Waals surface area contributed by atoms with Gasteiger partial charge in [0.2, 0.25) is 0 Å². The second kappa shape index (κ2) is 4.78. The molecule has 94 valence electrons. The largest absolute Gasteiger partial charge is 0.369 e. The van der Waals surface area contributed by atoms with Crippen LogP contribution in [0.2, 0.25) is 0 Å². The highest BCUT2D eigenvalue weighted by Gasteiger charge is 2.22. The Hall–Kier alpha value is -1.51. The van der Waals surface area contributed by atoms with Crippen molar-refractivity contribution < 1.29 is 4.79 Å². The quantitative estimate of drug-likeness (QED) is 0.785. The van der Waals surface area contributed by atoms with Gasteiger partial charge in [-0.3, -0.25) is 4.79 Å². The molecule has 0 bridgehead atoms. The average Bonchev–Trinajstić information content (AvgIpc) is 2.25. The summed E-state index contributed by atoms with van der Waals surface area (Å²) in [6, 6.07) is 7.72. The number of para-hydroxylation sites is 1. The average molecular weight is 234 g/mol. The maximum atomic E-state index is 12.1. The highest BCUT2D eigenvalue weighted by atomic mass is 16.2. The van der Waals surface area contributed by atoms with E-state index in [0.29, 0.717) is 0 Å². The number of carbonyl (C=O) groups is 1. The fraction of sp³-hybridized carbons (Fsp3) is 0.500. The van der Waals surface area contributed by atoms with E-state index in [0.717, 1.165) is 11.3 Å². The van der Waals surface area contributed by atoms with Crippen LogP contribution in [0.25, 0.3) is 0 Å². The lowest BCUT2D eigenvalue weighted by molar-refractivity contribution is 0.0828. The third-order valence-corrected chi connectivity index (χ3v) is 2.91.